The third-order valence-corrected chi connectivity index (χ3v) is 3.56. The summed E-state index contributed by atoms with van der Waals surface area (Å²) >= 11 is 0. The van der Waals surface area contributed by atoms with Crippen molar-refractivity contribution in [1.29, 1.82) is 0 Å². The zero-order chi connectivity index (χ0) is 14.5. The van der Waals surface area contributed by atoms with E-state index < -0.39 is 0 Å². The van der Waals surface area contributed by atoms with E-state index in [0.717, 1.165) is 13.0 Å². The monoisotopic (exact) mass is 268 g/mol. The predicted octanol–water partition coefficient (Wildman–Crippen LogP) is 4.10. The van der Waals surface area contributed by atoms with Crippen molar-refractivity contribution in [2.75, 3.05) is 6.54 Å². The van der Waals surface area contributed by atoms with Crippen molar-refractivity contribution in [3.8, 4) is 0 Å². The van der Waals surface area contributed by atoms with Crippen molar-refractivity contribution >= 4 is 0 Å². The van der Waals surface area contributed by atoms with E-state index in [1.54, 1.807) is 0 Å². The maximum absolute atomic E-state index is 4.35. The van der Waals surface area contributed by atoms with Crippen LogP contribution in [0.3, 0.4) is 0 Å². The Morgan fingerprint density at radius 3 is 2.50 bits per heavy atom. The quantitative estimate of drug-likeness (QED) is 0.883. The van der Waals surface area contributed by atoms with E-state index in [4.69, 9.17) is 0 Å². The summed E-state index contributed by atoms with van der Waals surface area (Å²) in [5.41, 5.74) is 6.43. The molecule has 20 heavy (non-hydrogen) atoms. The summed E-state index contributed by atoms with van der Waals surface area (Å²) in [5.74, 6) is 0. The van der Waals surface area contributed by atoms with Gasteiger partial charge in [-0.15, -0.1) is 0 Å². The topological polar surface area (TPSA) is 24.9 Å². The van der Waals surface area contributed by atoms with Gasteiger partial charge in [0.2, 0.25) is 0 Å². The summed E-state index contributed by atoms with van der Waals surface area (Å²) in [6.07, 6.45) is 5.00. The van der Waals surface area contributed by atoms with Gasteiger partial charge in [-0.3, -0.25) is 4.98 Å². The number of nitrogens with zero attached hydrogens (tertiary/aromatic N) is 1. The number of aryl methyl sites for hydroxylation is 3. The highest BCUT2D eigenvalue weighted by Gasteiger charge is 2.15. The molecule has 2 heteroatoms. The van der Waals surface area contributed by atoms with E-state index in [-0.39, 0.29) is 6.04 Å². The largest absolute Gasteiger partial charge is 0.306 e. The molecule has 1 aromatic heterocycles. The molecule has 1 atom stereocenters. The molecule has 0 fully saturated rings. The summed E-state index contributed by atoms with van der Waals surface area (Å²) in [6, 6.07) is 9.12. The number of pyridine rings is 1. The first-order valence-corrected chi connectivity index (χ1v) is 7.34. The van der Waals surface area contributed by atoms with Gasteiger partial charge in [0.1, 0.15) is 0 Å². The Balaban J connectivity index is 2.41. The number of aromatic nitrogens is 1. The molecule has 0 aliphatic carbocycles. The van der Waals surface area contributed by atoms with Crippen molar-refractivity contribution in [3.63, 3.8) is 0 Å². The van der Waals surface area contributed by atoms with Gasteiger partial charge >= 0.3 is 0 Å². The fourth-order valence-corrected chi connectivity index (χ4v) is 2.58. The van der Waals surface area contributed by atoms with E-state index in [2.05, 4.69) is 62.3 Å². The van der Waals surface area contributed by atoms with Gasteiger partial charge in [-0.05, 0) is 56.0 Å². The Morgan fingerprint density at radius 1 is 1.05 bits per heavy atom. The molecule has 1 heterocycles. The molecule has 0 amide bonds. The summed E-state index contributed by atoms with van der Waals surface area (Å²) in [4.78, 5) is 4.35. The van der Waals surface area contributed by atoms with Gasteiger partial charge in [0.05, 0.1) is 6.04 Å². The van der Waals surface area contributed by atoms with Gasteiger partial charge in [-0.25, -0.2) is 0 Å². The summed E-state index contributed by atoms with van der Waals surface area (Å²) in [7, 11) is 0. The van der Waals surface area contributed by atoms with Gasteiger partial charge < -0.3 is 5.32 Å². The van der Waals surface area contributed by atoms with Gasteiger partial charge in [-0.2, -0.15) is 0 Å². The lowest BCUT2D eigenvalue weighted by Gasteiger charge is -2.22. The van der Waals surface area contributed by atoms with Crippen molar-refractivity contribution in [2.24, 2.45) is 0 Å². The second kappa shape index (κ2) is 6.67. The summed E-state index contributed by atoms with van der Waals surface area (Å²) in [5, 5.41) is 3.65. The highest BCUT2D eigenvalue weighted by atomic mass is 14.9. The molecule has 1 N–H and O–H groups in total. The van der Waals surface area contributed by atoms with Crippen molar-refractivity contribution in [2.45, 2.75) is 40.2 Å². The molecule has 2 aromatic rings. The molecule has 2 nitrogen and oxygen atoms in total. The van der Waals surface area contributed by atoms with Crippen LogP contribution in [0.1, 0.15) is 47.2 Å². The van der Waals surface area contributed by atoms with Gasteiger partial charge in [0.25, 0.3) is 0 Å². The van der Waals surface area contributed by atoms with E-state index >= 15 is 0 Å². The fourth-order valence-electron chi connectivity index (χ4n) is 2.58. The molecule has 0 spiro atoms. The third-order valence-electron chi connectivity index (χ3n) is 3.56. The molecule has 1 aromatic carbocycles. The van der Waals surface area contributed by atoms with E-state index in [9.17, 15) is 0 Å². The minimum absolute atomic E-state index is 0.225. The second-order valence-electron chi connectivity index (χ2n) is 5.54. The van der Waals surface area contributed by atoms with Crippen LogP contribution in [-0.4, -0.2) is 11.5 Å². The maximum Gasteiger partial charge on any atom is 0.0594 e. The van der Waals surface area contributed by atoms with Crippen LogP contribution in [-0.2, 0) is 0 Å². The van der Waals surface area contributed by atoms with Crippen LogP contribution in [0.5, 0.6) is 0 Å². The first kappa shape index (κ1) is 14.7. The third kappa shape index (κ3) is 3.45. The summed E-state index contributed by atoms with van der Waals surface area (Å²) < 4.78 is 0. The van der Waals surface area contributed by atoms with Gasteiger partial charge in [0.15, 0.2) is 0 Å². The van der Waals surface area contributed by atoms with Crippen LogP contribution in [0.4, 0.5) is 0 Å². The molecular weight excluding hydrogens is 244 g/mol. The van der Waals surface area contributed by atoms with Crippen LogP contribution in [0.15, 0.2) is 36.7 Å². The van der Waals surface area contributed by atoms with Crippen molar-refractivity contribution < 1.29 is 0 Å². The number of rotatable bonds is 5. The average Bonchev–Trinajstić information content (AvgIpc) is 2.41. The zero-order valence-electron chi connectivity index (χ0n) is 12.9. The van der Waals surface area contributed by atoms with E-state index in [0.29, 0.717) is 0 Å². The SMILES string of the molecule is CCCNC(c1cncc(C)c1)c1ccc(C)cc1C. The number of benzene rings is 1. The number of hydrogen-bond acceptors (Lipinski definition) is 2. The van der Waals surface area contributed by atoms with Crippen molar-refractivity contribution in [1.82, 2.24) is 10.3 Å². The summed E-state index contributed by atoms with van der Waals surface area (Å²) in [6.45, 7) is 9.62. The molecule has 0 aliphatic heterocycles. The Hall–Kier alpha value is -1.67. The molecule has 1 unspecified atom stereocenters. The Bertz CT molecular complexity index is 575. The van der Waals surface area contributed by atoms with E-state index in [1.165, 1.54) is 27.8 Å². The molecule has 0 saturated heterocycles. The highest BCUT2D eigenvalue weighted by Crippen LogP contribution is 2.25. The van der Waals surface area contributed by atoms with E-state index in [1.807, 2.05) is 12.4 Å². The Kier molecular flexibility index (Phi) is 4.91. The van der Waals surface area contributed by atoms with Crippen LogP contribution < -0.4 is 5.32 Å². The lowest BCUT2D eigenvalue weighted by Crippen LogP contribution is -2.24. The lowest BCUT2D eigenvalue weighted by molar-refractivity contribution is 0.594. The van der Waals surface area contributed by atoms with Crippen LogP contribution in [0, 0.1) is 20.8 Å². The Morgan fingerprint density at radius 2 is 1.85 bits per heavy atom. The number of nitrogens with one attached hydrogen (secondary N) is 1. The van der Waals surface area contributed by atoms with Crippen LogP contribution in [0.2, 0.25) is 0 Å². The van der Waals surface area contributed by atoms with Crippen molar-refractivity contribution in [3.05, 3.63) is 64.5 Å². The standard InChI is InChI=1S/C18H24N2/c1-5-8-20-18(16-10-14(3)11-19-12-16)17-7-6-13(2)9-15(17)4/h6-7,9-12,18,20H,5,8H2,1-4H3. The molecule has 0 radical (unpaired) electrons. The fraction of sp³-hybridized carbons (Fsp3) is 0.389. The number of hydrogen-bond donors (Lipinski definition) is 1. The normalized spacial score (nSPS) is 12.4. The van der Waals surface area contributed by atoms with Crippen LogP contribution in [0.25, 0.3) is 0 Å². The van der Waals surface area contributed by atoms with Gasteiger partial charge in [0, 0.05) is 12.4 Å². The predicted molar refractivity (Wildman–Crippen MR) is 85.0 cm³/mol. The highest BCUT2D eigenvalue weighted by molar-refractivity contribution is 5.38. The Labute approximate surface area is 122 Å². The minimum atomic E-state index is 0.225. The molecule has 0 aliphatic rings. The molecule has 2 rings (SSSR count). The average molecular weight is 268 g/mol. The zero-order valence-corrected chi connectivity index (χ0v) is 12.9. The molecule has 106 valence electrons. The lowest BCUT2D eigenvalue weighted by atomic mass is 9.94. The van der Waals surface area contributed by atoms with Crippen LogP contribution >= 0.6 is 0 Å². The second-order valence-corrected chi connectivity index (χ2v) is 5.54. The first-order chi connectivity index (χ1) is 9.61. The smallest absolute Gasteiger partial charge is 0.0594 e. The molecule has 0 saturated carbocycles. The van der Waals surface area contributed by atoms with Gasteiger partial charge in [-0.1, -0.05) is 36.8 Å². The maximum atomic E-state index is 4.35. The first-order valence-electron chi connectivity index (χ1n) is 7.34. The molecular formula is C18H24N2. The molecule has 0 bridgehead atoms. The minimum Gasteiger partial charge on any atom is -0.306 e.